The van der Waals surface area contributed by atoms with E-state index in [2.05, 4.69) is 29.9 Å². The summed E-state index contributed by atoms with van der Waals surface area (Å²) >= 11 is 0. The molecule has 0 amide bonds. The summed E-state index contributed by atoms with van der Waals surface area (Å²) in [6.45, 7) is 4.45. The van der Waals surface area contributed by atoms with Crippen molar-refractivity contribution in [3.63, 3.8) is 0 Å². The molecule has 1 aromatic carbocycles. The Balaban J connectivity index is 1.44. The zero-order chi connectivity index (χ0) is 26.3. The Kier molecular flexibility index (Phi) is 12.1. The van der Waals surface area contributed by atoms with Crippen molar-refractivity contribution in [3.8, 4) is 23.2 Å². The van der Waals surface area contributed by atoms with Crippen LogP contribution in [-0.4, -0.2) is 15.9 Å². The fourth-order valence-electron chi connectivity index (χ4n) is 5.33. The van der Waals surface area contributed by atoms with Crippen LogP contribution in [0.3, 0.4) is 0 Å². The minimum atomic E-state index is -0.255. The lowest BCUT2D eigenvalue weighted by Gasteiger charge is -2.34. The smallest absolute Gasteiger partial charge is 0.314 e. The molecule has 0 radical (unpaired) electrons. The number of ether oxygens (including phenoxy) is 1. The van der Waals surface area contributed by atoms with Crippen molar-refractivity contribution in [1.82, 2.24) is 9.97 Å². The molecule has 0 aliphatic heterocycles. The van der Waals surface area contributed by atoms with E-state index in [-0.39, 0.29) is 17.3 Å². The van der Waals surface area contributed by atoms with E-state index in [1.54, 1.807) is 0 Å². The molecular weight excluding hydrogens is 458 g/mol. The zero-order valence-electron chi connectivity index (χ0n) is 23.0. The maximum absolute atomic E-state index is 12.8. The molecule has 1 fully saturated rings. The summed E-state index contributed by atoms with van der Waals surface area (Å²) in [5, 5.41) is 9.83. The summed E-state index contributed by atoms with van der Waals surface area (Å²) in [5.41, 5.74) is 1.83. The second kappa shape index (κ2) is 15.5. The van der Waals surface area contributed by atoms with Crippen molar-refractivity contribution in [2.45, 2.75) is 117 Å². The first kappa shape index (κ1) is 28.8. The number of unbranched alkanes of at least 4 members (excludes halogenated alkanes) is 8. The molecule has 1 aromatic heterocycles. The third kappa shape index (κ3) is 9.26. The summed E-state index contributed by atoms with van der Waals surface area (Å²) < 4.78 is 5.70. The zero-order valence-corrected chi connectivity index (χ0v) is 23.0. The predicted molar refractivity (Wildman–Crippen MR) is 149 cm³/mol. The van der Waals surface area contributed by atoms with Crippen molar-refractivity contribution in [2.75, 3.05) is 0 Å². The molecule has 5 nitrogen and oxygen atoms in total. The van der Waals surface area contributed by atoms with Gasteiger partial charge in [0.25, 0.3) is 0 Å². The molecule has 3 rings (SSSR count). The lowest BCUT2D eigenvalue weighted by atomic mass is 9.69. The van der Waals surface area contributed by atoms with Crippen LogP contribution in [0.1, 0.15) is 116 Å². The number of carbonyl (C=O) groups is 1. The Bertz CT molecular complexity index is 971. The number of aromatic nitrogens is 2. The normalized spacial score (nSPS) is 19.3. The molecule has 5 heteroatoms. The van der Waals surface area contributed by atoms with Crippen molar-refractivity contribution in [3.05, 3.63) is 42.2 Å². The van der Waals surface area contributed by atoms with Gasteiger partial charge in [0.1, 0.15) is 5.75 Å². The van der Waals surface area contributed by atoms with E-state index in [4.69, 9.17) is 4.74 Å². The molecule has 0 unspecified atom stereocenters. The molecule has 200 valence electrons. The van der Waals surface area contributed by atoms with E-state index >= 15 is 0 Å². The highest BCUT2D eigenvalue weighted by molar-refractivity contribution is 5.75. The molecule has 37 heavy (non-hydrogen) atoms. The van der Waals surface area contributed by atoms with Crippen molar-refractivity contribution in [1.29, 1.82) is 5.26 Å². The Morgan fingerprint density at radius 2 is 1.51 bits per heavy atom. The van der Waals surface area contributed by atoms with Crippen molar-refractivity contribution >= 4 is 5.97 Å². The van der Waals surface area contributed by atoms with Gasteiger partial charge in [0, 0.05) is 18.0 Å². The highest BCUT2D eigenvalue weighted by Gasteiger charge is 2.37. The van der Waals surface area contributed by atoms with Crippen LogP contribution in [0, 0.1) is 22.7 Å². The molecule has 1 heterocycles. The maximum atomic E-state index is 12.8. The second-order valence-corrected chi connectivity index (χ2v) is 10.9. The summed E-state index contributed by atoms with van der Waals surface area (Å²) in [6.07, 6.45) is 21.3. The van der Waals surface area contributed by atoms with Gasteiger partial charge in [0.2, 0.25) is 0 Å². The topological polar surface area (TPSA) is 75.9 Å². The van der Waals surface area contributed by atoms with E-state index < -0.39 is 0 Å². The molecule has 0 saturated heterocycles. The third-order valence-electron chi connectivity index (χ3n) is 7.88. The number of rotatable bonds is 15. The molecule has 0 atom stereocenters. The van der Waals surface area contributed by atoms with E-state index in [0.717, 1.165) is 50.5 Å². The Morgan fingerprint density at radius 3 is 2.11 bits per heavy atom. The van der Waals surface area contributed by atoms with Gasteiger partial charge in [-0.2, -0.15) is 5.26 Å². The van der Waals surface area contributed by atoms with Gasteiger partial charge in [-0.15, -0.1) is 0 Å². The number of hydrogen-bond donors (Lipinski definition) is 0. The average molecular weight is 504 g/mol. The van der Waals surface area contributed by atoms with Crippen LogP contribution in [-0.2, 0) is 11.2 Å². The molecule has 0 bridgehead atoms. The van der Waals surface area contributed by atoms with E-state index in [1.807, 2.05) is 36.7 Å². The van der Waals surface area contributed by atoms with Crippen LogP contribution in [0.2, 0.25) is 0 Å². The lowest BCUT2D eigenvalue weighted by molar-refractivity contribution is -0.140. The van der Waals surface area contributed by atoms with Gasteiger partial charge in [0.15, 0.2) is 5.82 Å². The van der Waals surface area contributed by atoms with Gasteiger partial charge in [-0.1, -0.05) is 71.6 Å². The van der Waals surface area contributed by atoms with Crippen LogP contribution in [0.5, 0.6) is 5.75 Å². The molecule has 0 N–H and O–H groups in total. The largest absolute Gasteiger partial charge is 0.426 e. The first-order valence-corrected chi connectivity index (χ1v) is 14.6. The highest BCUT2D eigenvalue weighted by Crippen LogP contribution is 2.42. The number of aryl methyl sites for hydroxylation is 1. The SMILES string of the molecule is CCCCCCCc1cnc(-c2ccc(OC(=O)C3CCC(C#N)(CCCCCCC)CC3)cc2)nc1. The maximum Gasteiger partial charge on any atom is 0.314 e. The summed E-state index contributed by atoms with van der Waals surface area (Å²) in [6, 6.07) is 10.0. The monoisotopic (exact) mass is 503 g/mol. The minimum Gasteiger partial charge on any atom is -0.426 e. The molecule has 0 spiro atoms. The first-order valence-electron chi connectivity index (χ1n) is 14.6. The van der Waals surface area contributed by atoms with Gasteiger partial charge >= 0.3 is 5.97 Å². The van der Waals surface area contributed by atoms with Gasteiger partial charge in [0.05, 0.1) is 17.4 Å². The quantitative estimate of drug-likeness (QED) is 0.138. The van der Waals surface area contributed by atoms with Crippen LogP contribution in [0.4, 0.5) is 0 Å². The van der Waals surface area contributed by atoms with Gasteiger partial charge in [-0.3, -0.25) is 4.79 Å². The number of esters is 1. The predicted octanol–water partition coefficient (Wildman–Crippen LogP) is 8.62. The minimum absolute atomic E-state index is 0.126. The second-order valence-electron chi connectivity index (χ2n) is 10.9. The molecule has 1 saturated carbocycles. The molecule has 1 aliphatic carbocycles. The number of benzene rings is 1. The summed E-state index contributed by atoms with van der Waals surface area (Å²) in [5.74, 6) is 0.925. The van der Waals surface area contributed by atoms with E-state index in [1.165, 1.54) is 63.4 Å². The Hall–Kier alpha value is -2.74. The lowest BCUT2D eigenvalue weighted by Crippen LogP contribution is -2.31. The number of nitriles is 1. The van der Waals surface area contributed by atoms with Crippen LogP contribution >= 0.6 is 0 Å². The first-order chi connectivity index (χ1) is 18.1. The standard InChI is InChI=1S/C32H45N3O2/c1-3-5-7-9-11-13-26-23-34-30(35-24-26)27-14-16-29(17-15-27)37-31(36)28-18-21-32(25-33,22-19-28)20-12-10-8-6-4-2/h14-17,23-24,28H,3-13,18-22H2,1-2H3. The number of hydrogen-bond acceptors (Lipinski definition) is 5. The van der Waals surface area contributed by atoms with E-state index in [0.29, 0.717) is 11.6 Å². The Morgan fingerprint density at radius 1 is 0.919 bits per heavy atom. The van der Waals surface area contributed by atoms with Gasteiger partial charge in [-0.25, -0.2) is 9.97 Å². The molecule has 2 aromatic rings. The van der Waals surface area contributed by atoms with Gasteiger partial charge in [-0.05, 0) is 74.8 Å². The van der Waals surface area contributed by atoms with Crippen molar-refractivity contribution in [2.24, 2.45) is 11.3 Å². The van der Waals surface area contributed by atoms with Crippen LogP contribution in [0.15, 0.2) is 36.7 Å². The fraction of sp³-hybridized carbons (Fsp3) is 0.625. The molecular formula is C32H45N3O2. The summed E-state index contributed by atoms with van der Waals surface area (Å²) in [7, 11) is 0. The van der Waals surface area contributed by atoms with Crippen molar-refractivity contribution < 1.29 is 9.53 Å². The van der Waals surface area contributed by atoms with Gasteiger partial charge < -0.3 is 4.74 Å². The number of carbonyl (C=O) groups excluding carboxylic acids is 1. The fourth-order valence-corrected chi connectivity index (χ4v) is 5.33. The number of nitrogens with zero attached hydrogens (tertiary/aromatic N) is 3. The molecule has 1 aliphatic rings. The highest BCUT2D eigenvalue weighted by atomic mass is 16.5. The van der Waals surface area contributed by atoms with Crippen LogP contribution in [0.25, 0.3) is 11.4 Å². The average Bonchev–Trinajstić information content (AvgIpc) is 2.94. The Labute approximate surface area is 224 Å². The van der Waals surface area contributed by atoms with Crippen LogP contribution < -0.4 is 4.74 Å². The summed E-state index contributed by atoms with van der Waals surface area (Å²) in [4.78, 5) is 21.9. The van der Waals surface area contributed by atoms with E-state index in [9.17, 15) is 10.1 Å². The third-order valence-corrected chi connectivity index (χ3v) is 7.88.